The fraction of sp³-hybridized carbons (Fsp3) is 0.667. The maximum atomic E-state index is 11.9. The predicted molar refractivity (Wildman–Crippen MR) is 147 cm³/mol. The molecule has 18 heteroatoms. The summed E-state index contributed by atoms with van der Waals surface area (Å²) in [5, 5.41) is 28.8. The summed E-state index contributed by atoms with van der Waals surface area (Å²) in [7, 11) is 0. The molecule has 1 aromatic heterocycles. The van der Waals surface area contributed by atoms with E-state index in [2.05, 4.69) is 50.4 Å². The minimum atomic E-state index is -0.606. The predicted octanol–water partition coefficient (Wildman–Crippen LogP) is -3.24. The van der Waals surface area contributed by atoms with E-state index in [4.69, 9.17) is 24.2 Å². The number of aromatic nitrogens is 3. The van der Waals surface area contributed by atoms with Crippen LogP contribution in [0, 0.1) is 0 Å². The Balaban J connectivity index is 2.02. The van der Waals surface area contributed by atoms with E-state index >= 15 is 0 Å². The van der Waals surface area contributed by atoms with Crippen LogP contribution in [-0.2, 0) is 51.3 Å². The maximum Gasteiger partial charge on any atom is 0.239 e. The van der Waals surface area contributed by atoms with Gasteiger partial charge in [-0.25, -0.2) is 4.68 Å². The van der Waals surface area contributed by atoms with Gasteiger partial charge in [-0.05, 0) is 13.0 Å². The molecule has 1 aromatic rings. The summed E-state index contributed by atoms with van der Waals surface area (Å²) in [4.78, 5) is 46.3. The van der Waals surface area contributed by atoms with Crippen molar-refractivity contribution >= 4 is 23.6 Å². The largest absolute Gasteiger partial charge is 0.473 e. The van der Waals surface area contributed by atoms with Gasteiger partial charge in [0.1, 0.15) is 12.3 Å². The van der Waals surface area contributed by atoms with Crippen LogP contribution in [0.4, 0.5) is 0 Å². The van der Waals surface area contributed by atoms with Crippen molar-refractivity contribution in [1.82, 2.24) is 47.1 Å². The van der Waals surface area contributed by atoms with E-state index in [1.54, 1.807) is 16.4 Å². The lowest BCUT2D eigenvalue weighted by molar-refractivity contribution is -0.128. The van der Waals surface area contributed by atoms with Gasteiger partial charge in [0.2, 0.25) is 23.6 Å². The van der Waals surface area contributed by atoms with Crippen molar-refractivity contribution in [2.75, 3.05) is 78.9 Å². The molecule has 1 rings (SSSR count). The van der Waals surface area contributed by atoms with Crippen molar-refractivity contribution in [3.63, 3.8) is 0 Å². The summed E-state index contributed by atoms with van der Waals surface area (Å²) in [5.74, 6) is -1.93. The van der Waals surface area contributed by atoms with Crippen molar-refractivity contribution in [2.24, 2.45) is 0 Å². The lowest BCUT2D eigenvalue weighted by atomic mass is 10.4. The Bertz CT molecular complexity index is 946. The average molecular weight is 602 g/mol. The molecule has 0 bridgehead atoms. The number of rotatable bonds is 26. The fourth-order valence-electron chi connectivity index (χ4n) is 2.83. The zero-order valence-corrected chi connectivity index (χ0v) is 23.9. The second kappa shape index (κ2) is 23.8. The van der Waals surface area contributed by atoms with Crippen LogP contribution in [-0.4, -0.2) is 123 Å². The Morgan fingerprint density at radius 1 is 0.786 bits per heavy atom. The number of nitrogens with one attached hydrogen (secondary N) is 6. The lowest BCUT2D eigenvalue weighted by Gasteiger charge is -2.11. The number of nitrogens with zero attached hydrogens (tertiary/aromatic N) is 3. The molecule has 0 aliphatic heterocycles. The summed E-state index contributed by atoms with van der Waals surface area (Å²) in [6, 6.07) is 0. The summed E-state index contributed by atoms with van der Waals surface area (Å²) in [5.41, 5.74) is 2.25. The second-order valence-electron chi connectivity index (χ2n) is 8.46. The summed E-state index contributed by atoms with van der Waals surface area (Å²) >= 11 is 0. The van der Waals surface area contributed by atoms with Crippen molar-refractivity contribution < 1.29 is 43.3 Å². The van der Waals surface area contributed by atoms with E-state index in [0.29, 0.717) is 51.8 Å². The molecule has 0 radical (unpaired) electrons. The quantitative estimate of drug-likeness (QED) is 0.0315. The van der Waals surface area contributed by atoms with Crippen molar-refractivity contribution in [3.05, 3.63) is 24.4 Å². The van der Waals surface area contributed by atoms with E-state index in [-0.39, 0.29) is 45.2 Å². The van der Waals surface area contributed by atoms with Gasteiger partial charge in [0, 0.05) is 19.7 Å². The third-order valence-electron chi connectivity index (χ3n) is 4.88. The summed E-state index contributed by atoms with van der Waals surface area (Å²) < 4.78 is 23.4. The van der Waals surface area contributed by atoms with Crippen LogP contribution in [0.15, 0.2) is 18.7 Å². The Morgan fingerprint density at radius 2 is 1.31 bits per heavy atom. The Labute approximate surface area is 244 Å². The number of carbonyl (C=O) groups is 4. The van der Waals surface area contributed by atoms with Gasteiger partial charge in [0.25, 0.3) is 0 Å². The van der Waals surface area contributed by atoms with Crippen LogP contribution >= 0.6 is 0 Å². The molecule has 0 aromatic carbocycles. The number of ether oxygens (including phenoxy) is 4. The molecule has 0 aliphatic carbocycles. The van der Waals surface area contributed by atoms with Crippen molar-refractivity contribution in [1.29, 1.82) is 0 Å². The van der Waals surface area contributed by atoms with E-state index in [1.165, 1.54) is 0 Å². The first-order chi connectivity index (χ1) is 20.3. The SMILES string of the molecule is C=C(NCCNC(=O)CNC(=O)CNC(=O)CNC(=O)CNO)OCc1cn(CCOCCOCCOCCC)nn1. The molecule has 0 atom stereocenters. The molecule has 42 heavy (non-hydrogen) atoms. The van der Waals surface area contributed by atoms with Gasteiger partial charge in [-0.15, -0.1) is 5.10 Å². The normalized spacial score (nSPS) is 10.5. The average Bonchev–Trinajstić information content (AvgIpc) is 3.43. The highest BCUT2D eigenvalue weighted by atomic mass is 16.5. The monoisotopic (exact) mass is 601 g/mol. The van der Waals surface area contributed by atoms with Crippen molar-refractivity contribution in [2.45, 2.75) is 26.5 Å². The Hall–Kier alpha value is -3.84. The Kier molecular flexibility index (Phi) is 20.5. The van der Waals surface area contributed by atoms with Crippen LogP contribution in [0.5, 0.6) is 0 Å². The molecule has 1 heterocycles. The second-order valence-corrected chi connectivity index (χ2v) is 8.46. The molecule has 0 spiro atoms. The molecule has 0 aliphatic rings. The molecular weight excluding hydrogens is 558 g/mol. The number of amides is 4. The van der Waals surface area contributed by atoms with E-state index in [9.17, 15) is 19.2 Å². The van der Waals surface area contributed by atoms with Gasteiger partial charge in [0.15, 0.2) is 5.88 Å². The van der Waals surface area contributed by atoms with Gasteiger partial charge >= 0.3 is 0 Å². The third kappa shape index (κ3) is 20.1. The number of hydrogen-bond donors (Lipinski definition) is 7. The topological polar surface area (TPSA) is 228 Å². The highest BCUT2D eigenvalue weighted by molar-refractivity contribution is 5.90. The summed E-state index contributed by atoms with van der Waals surface area (Å²) in [6.45, 7) is 9.00. The zero-order chi connectivity index (χ0) is 30.8. The van der Waals surface area contributed by atoms with Crippen LogP contribution in [0.2, 0.25) is 0 Å². The smallest absolute Gasteiger partial charge is 0.239 e. The zero-order valence-electron chi connectivity index (χ0n) is 23.9. The number of hydrogen-bond acceptors (Lipinski definition) is 13. The van der Waals surface area contributed by atoms with E-state index < -0.39 is 23.6 Å². The van der Waals surface area contributed by atoms with E-state index in [1.807, 2.05) is 0 Å². The lowest BCUT2D eigenvalue weighted by Crippen LogP contribution is -2.45. The van der Waals surface area contributed by atoms with Gasteiger partial charge in [-0.1, -0.05) is 12.1 Å². The van der Waals surface area contributed by atoms with Crippen LogP contribution in [0.3, 0.4) is 0 Å². The number of hydroxylamine groups is 1. The van der Waals surface area contributed by atoms with E-state index in [0.717, 1.165) is 13.0 Å². The van der Waals surface area contributed by atoms with Crippen LogP contribution in [0.1, 0.15) is 19.0 Å². The molecule has 0 saturated carbocycles. The molecule has 0 fully saturated rings. The molecule has 238 valence electrons. The first kappa shape index (κ1) is 36.2. The van der Waals surface area contributed by atoms with Gasteiger partial charge < -0.3 is 50.7 Å². The fourth-order valence-corrected chi connectivity index (χ4v) is 2.83. The molecule has 0 unspecified atom stereocenters. The molecule has 0 saturated heterocycles. The standard InChI is InChI=1S/C24H43N9O9/c1-3-7-39-9-11-41-12-10-40-8-6-33-17-20(31-32-33)18-42-19(2)25-4-5-26-21(34)13-27-22(35)14-28-23(36)15-29-24(37)16-30-38/h17,25,30,38H,2-16,18H2,1H3,(H,26,34)(H,27,35)(H,28,36)(H,29,37). The Morgan fingerprint density at radius 3 is 1.90 bits per heavy atom. The van der Waals surface area contributed by atoms with Crippen LogP contribution < -0.4 is 32.1 Å². The first-order valence-corrected chi connectivity index (χ1v) is 13.5. The minimum absolute atomic E-state index is 0.155. The summed E-state index contributed by atoms with van der Waals surface area (Å²) in [6.07, 6.45) is 2.73. The van der Waals surface area contributed by atoms with Crippen molar-refractivity contribution in [3.8, 4) is 0 Å². The highest BCUT2D eigenvalue weighted by Gasteiger charge is 2.09. The highest BCUT2D eigenvalue weighted by Crippen LogP contribution is 1.99. The molecule has 18 nitrogen and oxygen atoms in total. The minimum Gasteiger partial charge on any atom is -0.473 e. The first-order valence-electron chi connectivity index (χ1n) is 13.5. The van der Waals surface area contributed by atoms with Crippen LogP contribution in [0.25, 0.3) is 0 Å². The molecule has 4 amide bonds. The number of carbonyl (C=O) groups excluding carboxylic acids is 4. The maximum absolute atomic E-state index is 11.9. The van der Waals surface area contributed by atoms with Gasteiger partial charge in [0.05, 0.1) is 72.0 Å². The molecular formula is C24H43N9O9. The molecule has 7 N–H and O–H groups in total. The van der Waals surface area contributed by atoms with Gasteiger partial charge in [-0.2, -0.15) is 5.48 Å². The third-order valence-corrected chi connectivity index (χ3v) is 4.88. The van der Waals surface area contributed by atoms with Gasteiger partial charge in [-0.3, -0.25) is 19.2 Å².